The van der Waals surface area contributed by atoms with Gasteiger partial charge in [0.2, 0.25) is 5.91 Å². The third kappa shape index (κ3) is 3.38. The van der Waals surface area contributed by atoms with Gasteiger partial charge in [-0.1, -0.05) is 15.9 Å². The van der Waals surface area contributed by atoms with Crippen LogP contribution in [0.2, 0.25) is 0 Å². The van der Waals surface area contributed by atoms with Gasteiger partial charge in [0.1, 0.15) is 0 Å². The highest BCUT2D eigenvalue weighted by molar-refractivity contribution is 9.10. The molecule has 1 aromatic rings. The highest BCUT2D eigenvalue weighted by Gasteiger charge is 2.26. The highest BCUT2D eigenvalue weighted by atomic mass is 79.9. The van der Waals surface area contributed by atoms with Gasteiger partial charge in [0.05, 0.1) is 13.0 Å². The van der Waals surface area contributed by atoms with Crippen molar-refractivity contribution in [2.75, 3.05) is 18.0 Å². The maximum Gasteiger partial charge on any atom is 0.231 e. The summed E-state index contributed by atoms with van der Waals surface area (Å²) in [5.74, 6) is 0.131. The number of nitrogens with zero attached hydrogens (tertiary/aromatic N) is 3. The Bertz CT molecular complexity index is 552. The van der Waals surface area contributed by atoms with E-state index in [1.165, 1.54) is 0 Å². The minimum Gasteiger partial charge on any atom is -0.310 e. The van der Waals surface area contributed by atoms with Crippen molar-refractivity contribution in [2.24, 2.45) is 9.98 Å². The van der Waals surface area contributed by atoms with Crippen molar-refractivity contribution in [3.63, 3.8) is 0 Å². The van der Waals surface area contributed by atoms with E-state index in [-0.39, 0.29) is 5.91 Å². The standard InChI is InChI=1S/C14H14BrN3O/c1-16-5-2-6-17-7-8-18-13-4-3-12(15)9-11(13)10-14(18)19/h2-6,9H,1,7-8,10H2/b5-2-,17-6-. The molecule has 1 aliphatic rings. The first-order chi connectivity index (χ1) is 9.22. The zero-order chi connectivity index (χ0) is 13.7. The number of hydrogen-bond acceptors (Lipinski definition) is 3. The molecule has 0 bridgehead atoms. The Morgan fingerprint density at radius 3 is 3.11 bits per heavy atom. The Hall–Kier alpha value is -1.75. The third-order valence-electron chi connectivity index (χ3n) is 2.81. The molecule has 0 spiro atoms. The molecule has 2 rings (SSSR count). The molecule has 5 heteroatoms. The van der Waals surface area contributed by atoms with Gasteiger partial charge in [-0.25, -0.2) is 0 Å². The van der Waals surface area contributed by atoms with Gasteiger partial charge in [-0.3, -0.25) is 14.8 Å². The molecule has 0 saturated carbocycles. The number of hydrogen-bond donors (Lipinski definition) is 0. The lowest BCUT2D eigenvalue weighted by Crippen LogP contribution is -2.29. The van der Waals surface area contributed by atoms with Gasteiger partial charge < -0.3 is 4.90 Å². The summed E-state index contributed by atoms with van der Waals surface area (Å²) < 4.78 is 1.00. The van der Waals surface area contributed by atoms with Crippen molar-refractivity contribution < 1.29 is 4.79 Å². The number of fused-ring (bicyclic) bond motifs is 1. The van der Waals surface area contributed by atoms with E-state index >= 15 is 0 Å². The van der Waals surface area contributed by atoms with Crippen LogP contribution in [0, 0.1) is 0 Å². The van der Waals surface area contributed by atoms with Crippen molar-refractivity contribution in [1.29, 1.82) is 0 Å². The Labute approximate surface area is 120 Å². The van der Waals surface area contributed by atoms with Crippen LogP contribution in [0.15, 0.2) is 44.9 Å². The Balaban J connectivity index is 1.98. The van der Waals surface area contributed by atoms with E-state index in [0.29, 0.717) is 19.5 Å². The van der Waals surface area contributed by atoms with Gasteiger partial charge >= 0.3 is 0 Å². The molecule has 1 amide bonds. The molecule has 0 saturated heterocycles. The van der Waals surface area contributed by atoms with Crippen LogP contribution in [0.3, 0.4) is 0 Å². The molecule has 4 nitrogen and oxygen atoms in total. The second-order valence-corrected chi connectivity index (χ2v) is 4.99. The maximum atomic E-state index is 11.9. The predicted molar refractivity (Wildman–Crippen MR) is 82.2 cm³/mol. The van der Waals surface area contributed by atoms with Gasteiger partial charge in [-0.15, -0.1) is 0 Å². The molecule has 1 aliphatic heterocycles. The zero-order valence-electron chi connectivity index (χ0n) is 10.4. The summed E-state index contributed by atoms with van der Waals surface area (Å²) >= 11 is 3.42. The predicted octanol–water partition coefficient (Wildman–Crippen LogP) is 2.62. The molecule has 1 aromatic carbocycles. The molecule has 0 N–H and O–H groups in total. The normalized spacial score (nSPS) is 14.6. The maximum absolute atomic E-state index is 11.9. The van der Waals surface area contributed by atoms with E-state index in [1.807, 2.05) is 18.2 Å². The van der Waals surface area contributed by atoms with Crippen molar-refractivity contribution in [3.8, 4) is 0 Å². The van der Waals surface area contributed by atoms with Crippen LogP contribution in [-0.4, -0.2) is 31.9 Å². The van der Waals surface area contributed by atoms with Crippen LogP contribution in [0.25, 0.3) is 0 Å². The van der Waals surface area contributed by atoms with Gasteiger partial charge in [-0.2, -0.15) is 0 Å². The fraction of sp³-hybridized carbons (Fsp3) is 0.214. The van der Waals surface area contributed by atoms with Crippen LogP contribution in [0.1, 0.15) is 5.56 Å². The topological polar surface area (TPSA) is 45.0 Å². The number of aliphatic imine (C=N–C) groups is 2. The molecular weight excluding hydrogens is 306 g/mol. The fourth-order valence-corrected chi connectivity index (χ4v) is 2.40. The number of amides is 1. The van der Waals surface area contributed by atoms with Gasteiger partial charge in [0, 0.05) is 29.1 Å². The smallest absolute Gasteiger partial charge is 0.231 e. The van der Waals surface area contributed by atoms with Crippen molar-refractivity contribution in [2.45, 2.75) is 6.42 Å². The van der Waals surface area contributed by atoms with E-state index in [4.69, 9.17) is 0 Å². The summed E-state index contributed by atoms with van der Waals surface area (Å²) in [6.07, 6.45) is 5.41. The number of benzene rings is 1. The summed E-state index contributed by atoms with van der Waals surface area (Å²) in [6.45, 7) is 4.50. The van der Waals surface area contributed by atoms with Crippen LogP contribution in [0.5, 0.6) is 0 Å². The van der Waals surface area contributed by atoms with Crippen molar-refractivity contribution in [3.05, 3.63) is 40.5 Å². The molecule has 0 atom stereocenters. The lowest BCUT2D eigenvalue weighted by Gasteiger charge is -2.15. The van der Waals surface area contributed by atoms with Gasteiger partial charge in [0.25, 0.3) is 0 Å². The molecule has 0 fully saturated rings. The first kappa shape index (κ1) is 13.7. The number of carbonyl (C=O) groups is 1. The Morgan fingerprint density at radius 1 is 1.47 bits per heavy atom. The second-order valence-electron chi connectivity index (χ2n) is 4.07. The van der Waals surface area contributed by atoms with Gasteiger partial charge in [-0.05, 0) is 36.6 Å². The monoisotopic (exact) mass is 319 g/mol. The highest BCUT2D eigenvalue weighted by Crippen LogP contribution is 2.30. The van der Waals surface area contributed by atoms with Crippen LogP contribution >= 0.6 is 15.9 Å². The Kier molecular flexibility index (Phi) is 4.63. The molecule has 0 aliphatic carbocycles. The first-order valence-electron chi connectivity index (χ1n) is 5.92. The minimum atomic E-state index is 0.131. The number of halogens is 1. The summed E-state index contributed by atoms with van der Waals surface area (Å²) in [5.41, 5.74) is 2.06. The van der Waals surface area contributed by atoms with Crippen molar-refractivity contribution >= 4 is 40.5 Å². The van der Waals surface area contributed by atoms with Crippen molar-refractivity contribution in [1.82, 2.24) is 0 Å². The summed E-state index contributed by atoms with van der Waals surface area (Å²) in [5, 5.41) is 0. The van der Waals surface area contributed by atoms with E-state index in [0.717, 1.165) is 15.7 Å². The molecule has 1 heterocycles. The van der Waals surface area contributed by atoms with Crippen LogP contribution in [-0.2, 0) is 11.2 Å². The fourth-order valence-electron chi connectivity index (χ4n) is 1.99. The average Bonchev–Trinajstić information content (AvgIpc) is 2.69. The SMILES string of the molecule is C=N/C=C\C=N/CCN1C(=O)Cc2cc(Br)ccc21. The molecule has 0 radical (unpaired) electrons. The summed E-state index contributed by atoms with van der Waals surface area (Å²) in [6, 6.07) is 5.91. The molecule has 0 aromatic heterocycles. The quantitative estimate of drug-likeness (QED) is 0.769. The number of rotatable bonds is 5. The van der Waals surface area contributed by atoms with E-state index in [2.05, 4.69) is 32.6 Å². The summed E-state index contributed by atoms with van der Waals surface area (Å²) in [7, 11) is 0. The number of anilines is 1. The van der Waals surface area contributed by atoms with Gasteiger partial charge in [0.15, 0.2) is 0 Å². The molecule has 98 valence electrons. The Morgan fingerprint density at radius 2 is 2.32 bits per heavy atom. The largest absolute Gasteiger partial charge is 0.310 e. The third-order valence-corrected chi connectivity index (χ3v) is 3.30. The van der Waals surface area contributed by atoms with E-state index in [9.17, 15) is 4.79 Å². The molecule has 0 unspecified atom stereocenters. The first-order valence-corrected chi connectivity index (χ1v) is 6.71. The molecular formula is C14H14BrN3O. The van der Waals surface area contributed by atoms with Crippen LogP contribution in [0.4, 0.5) is 5.69 Å². The van der Waals surface area contributed by atoms with E-state index in [1.54, 1.807) is 23.4 Å². The second kappa shape index (κ2) is 6.43. The van der Waals surface area contributed by atoms with Crippen LogP contribution < -0.4 is 4.90 Å². The molecule has 19 heavy (non-hydrogen) atoms. The number of carbonyl (C=O) groups excluding carboxylic acids is 1. The number of allylic oxidation sites excluding steroid dienone is 1. The average molecular weight is 320 g/mol. The summed E-state index contributed by atoms with van der Waals surface area (Å²) in [4.78, 5) is 21.5. The lowest BCUT2D eigenvalue weighted by atomic mass is 10.2. The lowest BCUT2D eigenvalue weighted by molar-refractivity contribution is -0.117. The zero-order valence-corrected chi connectivity index (χ0v) is 12.0. The minimum absolute atomic E-state index is 0.131. The van der Waals surface area contributed by atoms with E-state index < -0.39 is 0 Å².